The first kappa shape index (κ1) is 57.7. The molecular formula is C56H69Cl2N7O11S. The molecule has 2 aromatic heterocycles. The Balaban J connectivity index is 0.683. The van der Waals surface area contributed by atoms with E-state index in [9.17, 15) is 24.3 Å². The third-order valence-corrected chi connectivity index (χ3v) is 15.6. The lowest BCUT2D eigenvalue weighted by Crippen LogP contribution is -2.50. The SMILES string of the molecule is Cc1ncsc1-c1ccc([C@H](C)NC(=O)[C@@H]2C[C@@H](O)CN2C(=O)[C@@H](CC(=O)COCCOCCOCC(=O)N2CCN(c3ccc(OC[C@H]4CO[C@](Cn5ccnc5)(c5ccc(Cl)cc5Cl)O4)cc3)CC2)C(C)(C)C)cc1. The Labute approximate surface area is 463 Å². The van der Waals surface area contributed by atoms with E-state index in [1.165, 1.54) is 4.90 Å². The number of halogens is 2. The molecule has 3 aliphatic rings. The number of imidazole rings is 1. The molecule has 3 fully saturated rings. The van der Waals surface area contributed by atoms with Gasteiger partial charge in [-0.25, -0.2) is 9.97 Å². The standard InChI is InChI=1S/C56H69Cl2N7O11S/c1-37(39-6-8-40(9-7-39)52-38(2)60-36-77-52)61-53(69)50-28-43(66)29-65(50)54(70)48(55(3,4)5)27-44(67)30-72-24-22-71-23-25-73-33-51(68)64-20-18-63(19-21-64)42-11-13-45(14-12-42)74-31-46-32-75-56(76-46,34-62-17-16-59-35-62)47-15-10-41(57)26-49(47)58/h6-17,26,35-37,43,46,48,50,66H,18-25,27-34H2,1-5H3,(H,61,69)/t37-,43+,46-,48+,50-,56-/m0/s1. The molecule has 3 saturated heterocycles. The predicted molar refractivity (Wildman–Crippen MR) is 292 cm³/mol. The molecule has 414 valence electrons. The van der Waals surface area contributed by atoms with E-state index in [2.05, 4.69) is 20.2 Å². The van der Waals surface area contributed by atoms with Gasteiger partial charge in [0, 0.05) is 80.2 Å². The van der Waals surface area contributed by atoms with Crippen LogP contribution in [0.25, 0.3) is 10.4 Å². The van der Waals surface area contributed by atoms with Crippen LogP contribution in [-0.2, 0) is 55.2 Å². The zero-order chi connectivity index (χ0) is 54.7. The predicted octanol–water partition coefficient (Wildman–Crippen LogP) is 7.13. The topological polar surface area (TPSA) is 196 Å². The van der Waals surface area contributed by atoms with Crippen molar-refractivity contribution in [2.75, 3.05) is 90.5 Å². The Morgan fingerprint density at radius 2 is 1.65 bits per heavy atom. The third-order valence-electron chi connectivity index (χ3n) is 14.1. The summed E-state index contributed by atoms with van der Waals surface area (Å²) in [5.74, 6) is -2.27. The Bertz CT molecular complexity index is 2750. The Morgan fingerprint density at radius 1 is 0.935 bits per heavy atom. The zero-order valence-corrected chi connectivity index (χ0v) is 46.6. The van der Waals surface area contributed by atoms with Gasteiger partial charge in [0.2, 0.25) is 23.5 Å². The van der Waals surface area contributed by atoms with Crippen LogP contribution in [0.2, 0.25) is 10.0 Å². The molecule has 21 heteroatoms. The van der Waals surface area contributed by atoms with Gasteiger partial charge in [-0.2, -0.15) is 0 Å². The molecule has 0 saturated carbocycles. The smallest absolute Gasteiger partial charge is 0.248 e. The van der Waals surface area contributed by atoms with Crippen LogP contribution in [0.3, 0.4) is 0 Å². The lowest BCUT2D eigenvalue weighted by Gasteiger charge is -2.36. The fourth-order valence-corrected chi connectivity index (χ4v) is 11.1. The number of aryl methyl sites for hydroxylation is 1. The number of carbonyl (C=O) groups excluding carboxylic acids is 4. The molecule has 18 nitrogen and oxygen atoms in total. The van der Waals surface area contributed by atoms with Crippen LogP contribution in [0.5, 0.6) is 5.75 Å². The number of benzene rings is 3. The summed E-state index contributed by atoms with van der Waals surface area (Å²) in [5, 5.41) is 14.6. The minimum Gasteiger partial charge on any atom is -0.491 e. The largest absolute Gasteiger partial charge is 0.491 e. The zero-order valence-electron chi connectivity index (χ0n) is 44.2. The summed E-state index contributed by atoms with van der Waals surface area (Å²) in [7, 11) is 0. The molecule has 0 spiro atoms. The van der Waals surface area contributed by atoms with E-state index in [0.29, 0.717) is 60.7 Å². The number of Topliss-reactive ketones (excluding diaryl/α,β-unsaturated/α-hetero) is 1. The first-order valence-corrected chi connectivity index (χ1v) is 27.6. The number of nitrogens with zero attached hydrogens (tertiary/aromatic N) is 6. The van der Waals surface area contributed by atoms with Gasteiger partial charge >= 0.3 is 0 Å². The molecular weight excluding hydrogens is 1050 g/mol. The number of aliphatic hydroxyl groups excluding tert-OH is 1. The first-order valence-electron chi connectivity index (χ1n) is 26.0. The highest BCUT2D eigenvalue weighted by atomic mass is 35.5. The van der Waals surface area contributed by atoms with Crippen molar-refractivity contribution in [3.05, 3.63) is 118 Å². The second kappa shape index (κ2) is 26.4. The number of ether oxygens (including phenoxy) is 6. The maximum absolute atomic E-state index is 14.1. The van der Waals surface area contributed by atoms with Crippen molar-refractivity contribution in [2.24, 2.45) is 11.3 Å². The molecule has 2 N–H and O–H groups in total. The Kier molecular flexibility index (Phi) is 19.8. The first-order chi connectivity index (χ1) is 37.0. The molecule has 0 radical (unpaired) electrons. The van der Waals surface area contributed by atoms with Gasteiger partial charge in [-0.1, -0.05) is 74.3 Å². The molecule has 3 aromatic carbocycles. The quantitative estimate of drug-likeness (QED) is 0.0593. The van der Waals surface area contributed by atoms with Gasteiger partial charge in [-0.05, 0) is 66.8 Å². The summed E-state index contributed by atoms with van der Waals surface area (Å²) in [6.45, 7) is 13.4. The monoisotopic (exact) mass is 1120 g/mol. The van der Waals surface area contributed by atoms with E-state index in [0.717, 1.165) is 27.4 Å². The molecule has 0 unspecified atom stereocenters. The number of anilines is 1. The van der Waals surface area contributed by atoms with E-state index in [1.807, 2.05) is 105 Å². The number of β-amino-alcohol motifs (C(OH)–C–C–N with tert-alkyl or cyclic N) is 1. The van der Waals surface area contributed by atoms with Gasteiger partial charge in [-0.15, -0.1) is 11.3 Å². The van der Waals surface area contributed by atoms with Crippen LogP contribution in [0.1, 0.15) is 63.4 Å². The van der Waals surface area contributed by atoms with Crippen molar-refractivity contribution in [1.82, 2.24) is 29.7 Å². The van der Waals surface area contributed by atoms with Crippen LogP contribution >= 0.6 is 34.5 Å². The second-order valence-corrected chi connectivity index (χ2v) is 22.4. The molecule has 3 aliphatic heterocycles. The maximum atomic E-state index is 14.1. The fourth-order valence-electron chi connectivity index (χ4n) is 9.76. The van der Waals surface area contributed by atoms with Crippen LogP contribution < -0.4 is 15.0 Å². The summed E-state index contributed by atoms with van der Waals surface area (Å²) in [5.41, 5.74) is 5.80. The Hall–Kier alpha value is -5.48. The minimum absolute atomic E-state index is 0.00310. The molecule has 77 heavy (non-hydrogen) atoms. The van der Waals surface area contributed by atoms with Crippen LogP contribution in [0.15, 0.2) is 91.0 Å². The lowest BCUT2D eigenvalue weighted by molar-refractivity contribution is -0.189. The number of rotatable bonds is 24. The van der Waals surface area contributed by atoms with Gasteiger partial charge in [0.1, 0.15) is 37.7 Å². The van der Waals surface area contributed by atoms with Gasteiger partial charge in [0.05, 0.1) is 79.2 Å². The lowest BCUT2D eigenvalue weighted by atomic mass is 9.77. The van der Waals surface area contributed by atoms with Crippen molar-refractivity contribution in [3.8, 4) is 16.2 Å². The van der Waals surface area contributed by atoms with E-state index >= 15 is 0 Å². The summed E-state index contributed by atoms with van der Waals surface area (Å²) in [6.07, 6.45) is 4.01. The molecule has 3 amide bonds. The van der Waals surface area contributed by atoms with Crippen molar-refractivity contribution in [3.63, 3.8) is 0 Å². The van der Waals surface area contributed by atoms with E-state index < -0.39 is 29.3 Å². The number of hydrogen-bond acceptors (Lipinski definition) is 15. The van der Waals surface area contributed by atoms with Crippen molar-refractivity contribution in [1.29, 1.82) is 0 Å². The summed E-state index contributed by atoms with van der Waals surface area (Å²) in [4.78, 5) is 69.0. The second-order valence-electron chi connectivity index (χ2n) is 20.7. The minimum atomic E-state index is -1.14. The van der Waals surface area contributed by atoms with Crippen LogP contribution in [-0.4, -0.2) is 157 Å². The van der Waals surface area contributed by atoms with Gasteiger partial charge < -0.3 is 58.1 Å². The highest BCUT2D eigenvalue weighted by Gasteiger charge is 2.46. The van der Waals surface area contributed by atoms with E-state index in [-0.39, 0.29) is 101 Å². The number of amides is 3. The highest BCUT2D eigenvalue weighted by molar-refractivity contribution is 7.13. The maximum Gasteiger partial charge on any atom is 0.248 e. The Morgan fingerprint density at radius 3 is 2.31 bits per heavy atom. The molecule has 0 bridgehead atoms. The van der Waals surface area contributed by atoms with E-state index in [4.69, 9.17) is 51.6 Å². The van der Waals surface area contributed by atoms with Crippen LogP contribution in [0.4, 0.5) is 5.69 Å². The summed E-state index contributed by atoms with van der Waals surface area (Å²) in [6, 6.07) is 19.8. The summed E-state index contributed by atoms with van der Waals surface area (Å²) >= 11 is 14.4. The van der Waals surface area contributed by atoms with Crippen molar-refractivity contribution in [2.45, 2.75) is 84.1 Å². The molecule has 8 rings (SSSR count). The molecule has 6 atom stereocenters. The molecule has 5 aromatic rings. The molecule has 5 heterocycles. The van der Waals surface area contributed by atoms with Gasteiger partial charge in [-0.3, -0.25) is 19.2 Å². The number of thiazole rings is 1. The summed E-state index contributed by atoms with van der Waals surface area (Å²) < 4.78 is 37.7. The van der Waals surface area contributed by atoms with Gasteiger partial charge in [0.15, 0.2) is 5.78 Å². The number of likely N-dealkylation sites (tertiary alicyclic amines) is 1. The number of piperazine rings is 1. The average Bonchev–Trinajstić information content (AvgIpc) is 4.31. The van der Waals surface area contributed by atoms with Gasteiger partial charge in [0.25, 0.3) is 0 Å². The normalized spacial score (nSPS) is 20.6. The number of carbonyl (C=O) groups is 4. The van der Waals surface area contributed by atoms with Crippen LogP contribution in [0, 0.1) is 18.3 Å². The number of hydrogen-bond donors (Lipinski definition) is 2. The average molecular weight is 1120 g/mol. The number of aliphatic hydroxyl groups is 1. The van der Waals surface area contributed by atoms with Crippen molar-refractivity contribution >= 4 is 63.7 Å². The molecule has 0 aliphatic carbocycles. The third kappa shape index (κ3) is 15.2. The van der Waals surface area contributed by atoms with E-state index in [1.54, 1.807) is 40.9 Å². The fraction of sp³-hybridized carbons (Fsp3) is 0.500. The van der Waals surface area contributed by atoms with Crippen molar-refractivity contribution < 1.29 is 52.7 Å². The number of nitrogens with one attached hydrogen (secondary N) is 1. The number of aromatic nitrogens is 3. The highest BCUT2D eigenvalue weighted by Crippen LogP contribution is 2.41. The number of ketones is 1.